The topological polar surface area (TPSA) is 74.8 Å². The zero-order chi connectivity index (χ0) is 19.1. The van der Waals surface area contributed by atoms with Gasteiger partial charge >= 0.3 is 0 Å². The smallest absolute Gasteiger partial charge is 0.267 e. The molecule has 2 heterocycles. The van der Waals surface area contributed by atoms with Crippen LogP contribution in [0, 0.1) is 11.6 Å². The fraction of sp³-hybridized carbons (Fsp3) is 0.0714. The Labute approximate surface area is 157 Å². The zero-order valence-electron chi connectivity index (χ0n) is 12.4. The minimum Gasteiger partial charge on any atom is -0.357 e. The summed E-state index contributed by atoms with van der Waals surface area (Å²) in [5.41, 5.74) is -1.66. The Morgan fingerprint density at radius 3 is 2.58 bits per heavy atom. The molecule has 26 heavy (non-hydrogen) atoms. The largest absolute Gasteiger partial charge is 0.357 e. The van der Waals surface area contributed by atoms with E-state index in [4.69, 9.17) is 0 Å². The second kappa shape index (κ2) is 7.00. The molecule has 0 amide bonds. The van der Waals surface area contributed by atoms with Crippen molar-refractivity contribution < 1.29 is 26.0 Å². The highest BCUT2D eigenvalue weighted by molar-refractivity contribution is 9.10. The number of thiazole rings is 1. The number of rotatable bonds is 5. The number of aromatic nitrogens is 2. The Morgan fingerprint density at radius 2 is 1.96 bits per heavy atom. The fourth-order valence-electron chi connectivity index (χ4n) is 2.18. The van der Waals surface area contributed by atoms with Crippen molar-refractivity contribution in [3.8, 4) is 10.7 Å². The zero-order valence-corrected chi connectivity index (χ0v) is 15.7. The first-order valence-corrected chi connectivity index (χ1v) is 9.93. The van der Waals surface area contributed by atoms with Crippen molar-refractivity contribution in [2.24, 2.45) is 0 Å². The quantitative estimate of drug-likeness (QED) is 0.411. The maximum Gasteiger partial charge on any atom is 0.267 e. The number of hydrogen-bond donors (Lipinski definition) is 2. The molecule has 3 rings (SSSR count). The van der Waals surface area contributed by atoms with Crippen LogP contribution in [0.15, 0.2) is 39.3 Å². The molecule has 2 N–H and O–H groups in total. The summed E-state index contributed by atoms with van der Waals surface area (Å²) >= 11 is 3.79. The van der Waals surface area contributed by atoms with E-state index in [9.17, 15) is 26.0 Å². The molecule has 0 saturated heterocycles. The van der Waals surface area contributed by atoms with Gasteiger partial charge in [0.2, 0.25) is 0 Å². The third-order valence-electron chi connectivity index (χ3n) is 3.29. The van der Waals surface area contributed by atoms with E-state index in [0.717, 1.165) is 23.6 Å². The summed E-state index contributed by atoms with van der Waals surface area (Å²) in [6.07, 6.45) is -0.908. The van der Waals surface area contributed by atoms with Gasteiger partial charge in [-0.05, 0) is 22.0 Å². The number of alkyl halides is 2. The second-order valence-corrected chi connectivity index (χ2v) is 8.33. The van der Waals surface area contributed by atoms with Crippen LogP contribution in [0.4, 0.5) is 23.2 Å². The molecule has 0 fully saturated rings. The van der Waals surface area contributed by atoms with E-state index in [-0.39, 0.29) is 15.2 Å². The van der Waals surface area contributed by atoms with Crippen molar-refractivity contribution in [1.29, 1.82) is 0 Å². The van der Waals surface area contributed by atoms with E-state index >= 15 is 0 Å². The van der Waals surface area contributed by atoms with E-state index in [1.165, 1.54) is 11.6 Å². The highest BCUT2D eigenvalue weighted by Gasteiger charge is 2.30. The molecular weight excluding hydrogens is 462 g/mol. The maximum absolute atomic E-state index is 13.9. The summed E-state index contributed by atoms with van der Waals surface area (Å²) in [7, 11) is -4.62. The average molecular weight is 470 g/mol. The highest BCUT2D eigenvalue weighted by atomic mass is 79.9. The van der Waals surface area contributed by atoms with Crippen LogP contribution in [0.25, 0.3) is 10.7 Å². The molecule has 0 spiro atoms. The standard InChI is InChI=1S/C14H8BrF4N3O2S2/c15-6-3-8(17)9(4-7(6)16)22-26(23,24)10-5-21-12(11(10)13(18)19)14-20-1-2-25-14/h1-5,13,21-22H. The SMILES string of the molecule is O=S(=O)(Nc1cc(F)c(Br)cc1F)c1c[nH]c(-c2nccs2)c1C(F)F. The summed E-state index contributed by atoms with van der Waals surface area (Å²) in [4.78, 5) is 5.55. The van der Waals surface area contributed by atoms with E-state index < -0.39 is 44.2 Å². The molecule has 0 aliphatic carbocycles. The number of aromatic amines is 1. The van der Waals surface area contributed by atoms with Crippen LogP contribution in [0.1, 0.15) is 12.0 Å². The molecule has 0 aliphatic heterocycles. The minimum absolute atomic E-state index is 0.155. The number of nitrogens with zero attached hydrogens (tertiary/aromatic N) is 1. The number of halogens is 5. The number of sulfonamides is 1. The first-order valence-electron chi connectivity index (χ1n) is 6.77. The van der Waals surface area contributed by atoms with Crippen LogP contribution in [0.5, 0.6) is 0 Å². The lowest BCUT2D eigenvalue weighted by Gasteiger charge is -2.11. The first-order chi connectivity index (χ1) is 12.2. The van der Waals surface area contributed by atoms with E-state index in [0.29, 0.717) is 6.07 Å². The van der Waals surface area contributed by atoms with Crippen molar-refractivity contribution in [2.45, 2.75) is 11.3 Å². The Kier molecular flexibility index (Phi) is 5.08. The summed E-state index contributed by atoms with van der Waals surface area (Å²) in [6.45, 7) is 0. The summed E-state index contributed by atoms with van der Waals surface area (Å²) < 4.78 is 81.0. The van der Waals surface area contributed by atoms with Crippen molar-refractivity contribution in [3.63, 3.8) is 0 Å². The Bertz CT molecular complexity index is 1050. The fourth-order valence-corrected chi connectivity index (χ4v) is 4.40. The van der Waals surface area contributed by atoms with Crippen LogP contribution in [0.3, 0.4) is 0 Å². The van der Waals surface area contributed by atoms with Gasteiger partial charge in [-0.1, -0.05) is 0 Å². The maximum atomic E-state index is 13.9. The van der Waals surface area contributed by atoms with Gasteiger partial charge in [0.05, 0.1) is 21.4 Å². The molecule has 0 bridgehead atoms. The molecule has 0 aliphatic rings. The molecule has 5 nitrogen and oxygen atoms in total. The van der Waals surface area contributed by atoms with Gasteiger partial charge < -0.3 is 4.98 Å². The molecular formula is C14H8BrF4N3O2S2. The van der Waals surface area contributed by atoms with E-state index in [2.05, 4.69) is 25.9 Å². The predicted molar refractivity (Wildman–Crippen MR) is 91.7 cm³/mol. The second-order valence-electron chi connectivity index (χ2n) is 4.93. The van der Waals surface area contributed by atoms with E-state index in [1.807, 2.05) is 0 Å². The lowest BCUT2D eigenvalue weighted by Crippen LogP contribution is -2.15. The van der Waals surface area contributed by atoms with Crippen molar-refractivity contribution in [3.05, 3.63) is 51.6 Å². The Balaban J connectivity index is 2.07. The molecule has 0 saturated carbocycles. The molecule has 3 aromatic rings. The molecule has 0 radical (unpaired) electrons. The third kappa shape index (κ3) is 3.48. The number of hydrogen-bond acceptors (Lipinski definition) is 4. The van der Waals surface area contributed by atoms with Crippen LogP contribution in [-0.4, -0.2) is 18.4 Å². The van der Waals surface area contributed by atoms with Crippen molar-refractivity contribution in [2.75, 3.05) is 4.72 Å². The van der Waals surface area contributed by atoms with Gasteiger partial charge in [0.25, 0.3) is 16.4 Å². The molecule has 0 atom stereocenters. The van der Waals surface area contributed by atoms with Gasteiger partial charge in [-0.3, -0.25) is 4.72 Å². The molecule has 12 heteroatoms. The van der Waals surface area contributed by atoms with Crippen LogP contribution in [-0.2, 0) is 10.0 Å². The molecule has 2 aromatic heterocycles. The van der Waals surface area contributed by atoms with Crippen LogP contribution < -0.4 is 4.72 Å². The van der Waals surface area contributed by atoms with Gasteiger partial charge in [0, 0.05) is 23.8 Å². The van der Waals surface area contributed by atoms with Gasteiger partial charge in [0.1, 0.15) is 21.5 Å². The Morgan fingerprint density at radius 1 is 1.23 bits per heavy atom. The normalized spacial score (nSPS) is 11.9. The van der Waals surface area contributed by atoms with E-state index in [1.54, 1.807) is 4.72 Å². The molecule has 138 valence electrons. The van der Waals surface area contributed by atoms with Crippen LogP contribution in [0.2, 0.25) is 0 Å². The lowest BCUT2D eigenvalue weighted by molar-refractivity contribution is 0.149. The summed E-state index contributed by atoms with van der Waals surface area (Å²) in [5.74, 6) is -1.99. The third-order valence-corrected chi connectivity index (χ3v) is 6.09. The van der Waals surface area contributed by atoms with Gasteiger partial charge in [-0.15, -0.1) is 11.3 Å². The predicted octanol–water partition coefficient (Wildman–Crippen LogP) is 4.92. The van der Waals surface area contributed by atoms with Crippen LogP contribution >= 0.6 is 27.3 Å². The molecule has 0 unspecified atom stereocenters. The number of H-pyrrole nitrogens is 1. The first kappa shape index (κ1) is 18.9. The van der Waals surface area contributed by atoms with Crippen molar-refractivity contribution in [1.82, 2.24) is 9.97 Å². The number of nitrogens with one attached hydrogen (secondary N) is 2. The average Bonchev–Trinajstić information content (AvgIpc) is 3.21. The minimum atomic E-state index is -4.62. The number of anilines is 1. The highest BCUT2D eigenvalue weighted by Crippen LogP contribution is 2.37. The monoisotopic (exact) mass is 469 g/mol. The lowest BCUT2D eigenvalue weighted by atomic mass is 10.2. The summed E-state index contributed by atoms with van der Waals surface area (Å²) in [6, 6.07) is 1.33. The molecule has 1 aromatic carbocycles. The van der Waals surface area contributed by atoms with Crippen molar-refractivity contribution >= 4 is 43.0 Å². The van der Waals surface area contributed by atoms with Gasteiger partial charge in [-0.2, -0.15) is 0 Å². The van der Waals surface area contributed by atoms with Gasteiger partial charge in [0.15, 0.2) is 0 Å². The summed E-state index contributed by atoms with van der Waals surface area (Å²) in [5, 5.41) is 1.71. The van der Waals surface area contributed by atoms with Gasteiger partial charge in [-0.25, -0.2) is 31.0 Å². The Hall–Kier alpha value is -1.92. The number of benzene rings is 1.